The summed E-state index contributed by atoms with van der Waals surface area (Å²) in [6.45, 7) is 3.76. The van der Waals surface area contributed by atoms with Gasteiger partial charge in [0.1, 0.15) is 0 Å². The zero-order valence-corrected chi connectivity index (χ0v) is 13.5. The number of carbonyl (C=O) groups is 1. The second-order valence-electron chi connectivity index (χ2n) is 5.77. The quantitative estimate of drug-likeness (QED) is 0.652. The van der Waals surface area contributed by atoms with E-state index in [1.165, 1.54) is 13.4 Å². The van der Waals surface area contributed by atoms with Crippen molar-refractivity contribution in [1.29, 1.82) is 0 Å². The maximum Gasteiger partial charge on any atom is 0.336 e. The van der Waals surface area contributed by atoms with Crippen molar-refractivity contribution in [2.45, 2.75) is 18.9 Å². The topological polar surface area (TPSA) is 76.2 Å². The number of rotatable bonds is 4. The number of carbonyl (C=O) groups excluding carboxylic acids is 1. The summed E-state index contributed by atoms with van der Waals surface area (Å²) in [4.78, 5) is 13.7. The summed E-state index contributed by atoms with van der Waals surface area (Å²) in [5.74, 6) is -0.0361. The zero-order chi connectivity index (χ0) is 15.5. The lowest BCUT2D eigenvalue weighted by molar-refractivity contribution is -0.160. The molecule has 2 atom stereocenters. The zero-order valence-electron chi connectivity index (χ0n) is 12.7. The fraction of sp³-hybridized carbons (Fsp3) is 0.923. The number of morpholine rings is 1. The number of hydrogen-bond acceptors (Lipinski definition) is 6. The molecule has 0 aromatic carbocycles. The molecule has 0 aromatic heterocycles. The van der Waals surface area contributed by atoms with Gasteiger partial charge >= 0.3 is 5.97 Å². The van der Waals surface area contributed by atoms with E-state index < -0.39 is 16.1 Å². The van der Waals surface area contributed by atoms with Gasteiger partial charge in [-0.3, -0.25) is 4.90 Å². The molecule has 0 N–H and O–H groups in total. The molecule has 21 heavy (non-hydrogen) atoms. The number of sulfonamides is 1. The van der Waals surface area contributed by atoms with E-state index in [9.17, 15) is 13.2 Å². The highest BCUT2D eigenvalue weighted by molar-refractivity contribution is 7.88. The van der Waals surface area contributed by atoms with Gasteiger partial charge in [-0.25, -0.2) is 17.5 Å². The number of ether oxygens (including phenoxy) is 2. The van der Waals surface area contributed by atoms with Gasteiger partial charge in [-0.2, -0.15) is 0 Å². The van der Waals surface area contributed by atoms with Crippen LogP contribution < -0.4 is 0 Å². The summed E-state index contributed by atoms with van der Waals surface area (Å²) < 4.78 is 34.9. The predicted octanol–water partition coefficient (Wildman–Crippen LogP) is -0.468. The highest BCUT2D eigenvalue weighted by Crippen LogP contribution is 2.20. The normalized spacial score (nSPS) is 29.2. The largest absolute Gasteiger partial charge is 0.467 e. The third kappa shape index (κ3) is 4.64. The molecule has 2 aliphatic heterocycles. The molecule has 0 radical (unpaired) electrons. The van der Waals surface area contributed by atoms with Gasteiger partial charge < -0.3 is 9.47 Å². The van der Waals surface area contributed by atoms with Crippen molar-refractivity contribution in [3.8, 4) is 0 Å². The molecule has 0 amide bonds. The molecule has 2 rings (SSSR count). The van der Waals surface area contributed by atoms with E-state index in [2.05, 4.69) is 4.90 Å². The molecular weight excluding hydrogens is 296 g/mol. The number of methoxy groups -OCH3 is 1. The lowest BCUT2D eigenvalue weighted by Gasteiger charge is -2.37. The summed E-state index contributed by atoms with van der Waals surface area (Å²) in [6.07, 6.45) is 2.64. The van der Waals surface area contributed by atoms with Crippen LogP contribution in [-0.4, -0.2) is 82.4 Å². The summed E-state index contributed by atoms with van der Waals surface area (Å²) in [7, 11) is -1.75. The Morgan fingerprint density at radius 3 is 2.76 bits per heavy atom. The average molecular weight is 320 g/mol. The van der Waals surface area contributed by atoms with Crippen molar-refractivity contribution in [1.82, 2.24) is 9.21 Å². The van der Waals surface area contributed by atoms with Crippen molar-refractivity contribution in [3.63, 3.8) is 0 Å². The van der Waals surface area contributed by atoms with Crippen LogP contribution in [0, 0.1) is 5.92 Å². The number of esters is 1. The van der Waals surface area contributed by atoms with E-state index >= 15 is 0 Å². The molecule has 122 valence electrons. The van der Waals surface area contributed by atoms with Crippen LogP contribution in [0.2, 0.25) is 0 Å². The van der Waals surface area contributed by atoms with Gasteiger partial charge in [0.2, 0.25) is 10.0 Å². The molecule has 2 saturated heterocycles. The van der Waals surface area contributed by atoms with E-state index in [1.54, 1.807) is 4.31 Å². The van der Waals surface area contributed by atoms with Crippen LogP contribution in [-0.2, 0) is 24.3 Å². The molecule has 0 bridgehead atoms. The Labute approximate surface area is 126 Å². The molecule has 0 aliphatic carbocycles. The molecule has 7 nitrogen and oxygen atoms in total. The Morgan fingerprint density at radius 1 is 1.33 bits per heavy atom. The predicted molar refractivity (Wildman–Crippen MR) is 77.3 cm³/mol. The van der Waals surface area contributed by atoms with Crippen molar-refractivity contribution >= 4 is 16.0 Å². The highest BCUT2D eigenvalue weighted by Gasteiger charge is 2.31. The lowest BCUT2D eigenvalue weighted by atomic mass is 9.98. The Hall–Kier alpha value is -0.700. The van der Waals surface area contributed by atoms with Crippen LogP contribution in [0.15, 0.2) is 0 Å². The van der Waals surface area contributed by atoms with Gasteiger partial charge in [0.25, 0.3) is 0 Å². The maximum absolute atomic E-state index is 11.6. The highest BCUT2D eigenvalue weighted by atomic mass is 32.2. The second kappa shape index (κ2) is 7.04. The molecule has 2 fully saturated rings. The van der Waals surface area contributed by atoms with Crippen LogP contribution in [0.5, 0.6) is 0 Å². The van der Waals surface area contributed by atoms with Gasteiger partial charge in [0, 0.05) is 32.7 Å². The molecule has 0 aromatic rings. The lowest BCUT2D eigenvalue weighted by Crippen LogP contribution is -2.50. The molecule has 2 aliphatic rings. The third-order valence-corrected chi connectivity index (χ3v) is 5.35. The number of piperidine rings is 1. The molecule has 0 spiro atoms. The van der Waals surface area contributed by atoms with Crippen molar-refractivity contribution in [3.05, 3.63) is 0 Å². The first kappa shape index (κ1) is 16.7. The average Bonchev–Trinajstić information content (AvgIpc) is 2.46. The molecule has 8 heteroatoms. The number of nitrogens with zero attached hydrogens (tertiary/aromatic N) is 2. The monoisotopic (exact) mass is 320 g/mol. The van der Waals surface area contributed by atoms with Crippen molar-refractivity contribution < 1.29 is 22.7 Å². The maximum atomic E-state index is 11.6. The van der Waals surface area contributed by atoms with Crippen LogP contribution >= 0.6 is 0 Å². The van der Waals surface area contributed by atoms with Crippen molar-refractivity contribution in [2.24, 2.45) is 5.92 Å². The summed E-state index contributed by atoms with van der Waals surface area (Å²) in [5.41, 5.74) is 0. The van der Waals surface area contributed by atoms with Gasteiger partial charge in [-0.15, -0.1) is 0 Å². The van der Waals surface area contributed by atoms with Crippen LogP contribution in [0.25, 0.3) is 0 Å². The van der Waals surface area contributed by atoms with Crippen LogP contribution in [0.3, 0.4) is 0 Å². The second-order valence-corrected chi connectivity index (χ2v) is 7.75. The Morgan fingerprint density at radius 2 is 2.10 bits per heavy atom. The van der Waals surface area contributed by atoms with E-state index in [1.807, 2.05) is 0 Å². The summed E-state index contributed by atoms with van der Waals surface area (Å²) in [6, 6.07) is 0. The SMILES string of the molecule is COC(=O)C1CN(CC2CCCN(S(C)(=O)=O)C2)CCO1. The molecule has 2 heterocycles. The summed E-state index contributed by atoms with van der Waals surface area (Å²) >= 11 is 0. The summed E-state index contributed by atoms with van der Waals surface area (Å²) in [5, 5.41) is 0. The Bertz CT molecular complexity index is 467. The van der Waals surface area contributed by atoms with Crippen LogP contribution in [0.4, 0.5) is 0 Å². The van der Waals surface area contributed by atoms with Gasteiger partial charge in [0.15, 0.2) is 6.10 Å². The van der Waals surface area contributed by atoms with Gasteiger partial charge in [-0.05, 0) is 18.8 Å². The van der Waals surface area contributed by atoms with Gasteiger partial charge in [-0.1, -0.05) is 0 Å². The minimum Gasteiger partial charge on any atom is -0.467 e. The Kier molecular flexibility index (Phi) is 5.59. The first-order valence-corrected chi connectivity index (χ1v) is 9.12. The third-order valence-electron chi connectivity index (χ3n) is 4.08. The smallest absolute Gasteiger partial charge is 0.336 e. The van der Waals surface area contributed by atoms with E-state index in [0.29, 0.717) is 32.2 Å². The minimum atomic E-state index is -3.11. The molecule has 0 saturated carbocycles. The molecule has 2 unspecified atom stereocenters. The first-order valence-electron chi connectivity index (χ1n) is 7.27. The van der Waals surface area contributed by atoms with E-state index in [4.69, 9.17) is 9.47 Å². The standard InChI is InChI=1S/C13H24N2O5S/c1-19-13(16)12-10-14(6-7-20-12)8-11-4-3-5-15(9-11)21(2,17)18/h11-12H,3-10H2,1-2H3. The van der Waals surface area contributed by atoms with Crippen molar-refractivity contribution in [2.75, 3.05) is 52.7 Å². The fourth-order valence-electron chi connectivity index (χ4n) is 2.98. The first-order chi connectivity index (χ1) is 9.90. The minimum absolute atomic E-state index is 0.310. The molecular formula is C13H24N2O5S. The van der Waals surface area contributed by atoms with Gasteiger partial charge in [0.05, 0.1) is 20.0 Å². The fourth-order valence-corrected chi connectivity index (χ4v) is 3.93. The van der Waals surface area contributed by atoms with E-state index in [-0.39, 0.29) is 5.97 Å². The van der Waals surface area contributed by atoms with Crippen LogP contribution in [0.1, 0.15) is 12.8 Å². The van der Waals surface area contributed by atoms with E-state index in [0.717, 1.165) is 25.9 Å². The number of hydrogen-bond donors (Lipinski definition) is 0. The Balaban J connectivity index is 1.87.